The number of hydrogen-bond donors (Lipinski definition) is 1. The minimum atomic E-state index is -0.743. The molecule has 1 N–H and O–H groups in total. The zero-order chi connectivity index (χ0) is 22.1. The molecule has 3 fully saturated rings. The number of nitrogens with zero attached hydrogens (tertiary/aromatic N) is 1. The fourth-order valence-electron chi connectivity index (χ4n) is 5.53. The first-order chi connectivity index (χ1) is 15.6. The Morgan fingerprint density at radius 2 is 1.38 bits per heavy atom. The van der Waals surface area contributed by atoms with Gasteiger partial charge in [0, 0.05) is 29.6 Å². The van der Waals surface area contributed by atoms with E-state index < -0.39 is 17.5 Å². The van der Waals surface area contributed by atoms with E-state index in [1.165, 1.54) is 11.1 Å². The van der Waals surface area contributed by atoms with E-state index >= 15 is 0 Å². The summed E-state index contributed by atoms with van der Waals surface area (Å²) in [4.78, 5) is 15.5. The molecule has 5 heteroatoms. The molecule has 0 spiro atoms. The lowest BCUT2D eigenvalue weighted by molar-refractivity contribution is 0.00615. The molecule has 0 aliphatic carbocycles. The molecular formula is C27H26F2N2O. The van der Waals surface area contributed by atoms with Crippen molar-refractivity contribution < 1.29 is 13.6 Å². The van der Waals surface area contributed by atoms with E-state index in [1.807, 2.05) is 36.4 Å². The van der Waals surface area contributed by atoms with Crippen molar-refractivity contribution in [2.75, 3.05) is 13.1 Å². The van der Waals surface area contributed by atoms with Crippen molar-refractivity contribution in [1.29, 1.82) is 0 Å². The molecule has 3 nitrogen and oxygen atoms in total. The Morgan fingerprint density at radius 3 is 1.91 bits per heavy atom. The average molecular weight is 433 g/mol. The zero-order valence-electron chi connectivity index (χ0n) is 17.8. The van der Waals surface area contributed by atoms with Crippen LogP contribution in [0.1, 0.15) is 40.2 Å². The maximum absolute atomic E-state index is 13.7. The summed E-state index contributed by atoms with van der Waals surface area (Å²) >= 11 is 0. The first-order valence-electron chi connectivity index (χ1n) is 11.2. The number of piperidine rings is 3. The van der Waals surface area contributed by atoms with Crippen molar-refractivity contribution in [1.82, 2.24) is 10.2 Å². The molecule has 3 saturated heterocycles. The minimum Gasteiger partial charge on any atom is -0.347 e. The number of amides is 1. The van der Waals surface area contributed by atoms with Crippen LogP contribution in [0.3, 0.4) is 0 Å². The van der Waals surface area contributed by atoms with Crippen molar-refractivity contribution in [3.8, 4) is 0 Å². The minimum absolute atomic E-state index is 0.0219. The van der Waals surface area contributed by atoms with Crippen LogP contribution in [-0.4, -0.2) is 36.0 Å². The predicted molar refractivity (Wildman–Crippen MR) is 120 cm³/mol. The third-order valence-corrected chi connectivity index (χ3v) is 6.95. The topological polar surface area (TPSA) is 32.3 Å². The second kappa shape index (κ2) is 8.83. The first-order valence-corrected chi connectivity index (χ1v) is 11.2. The number of carbonyl (C=O) groups is 1. The molecule has 1 amide bonds. The van der Waals surface area contributed by atoms with Gasteiger partial charge < -0.3 is 5.32 Å². The zero-order valence-corrected chi connectivity index (χ0v) is 17.8. The van der Waals surface area contributed by atoms with Gasteiger partial charge in [0.2, 0.25) is 0 Å². The SMILES string of the molecule is O=C(N[C@@H]1C2CCN(CC2)[C@@H]1C(c1ccccc1)c1ccccc1)c1cc(F)cc(F)c1. The lowest BCUT2D eigenvalue weighted by Crippen LogP contribution is -2.65. The highest BCUT2D eigenvalue weighted by Gasteiger charge is 2.47. The van der Waals surface area contributed by atoms with Crippen LogP contribution < -0.4 is 5.32 Å². The summed E-state index contributed by atoms with van der Waals surface area (Å²) in [6, 6.07) is 23.7. The Bertz CT molecular complexity index is 1020. The smallest absolute Gasteiger partial charge is 0.251 e. The lowest BCUT2D eigenvalue weighted by atomic mass is 9.70. The van der Waals surface area contributed by atoms with Crippen molar-refractivity contribution in [3.63, 3.8) is 0 Å². The molecule has 3 heterocycles. The van der Waals surface area contributed by atoms with Gasteiger partial charge in [-0.3, -0.25) is 9.69 Å². The van der Waals surface area contributed by atoms with Crippen molar-refractivity contribution >= 4 is 5.91 Å². The number of benzene rings is 3. The van der Waals surface area contributed by atoms with Gasteiger partial charge in [0.25, 0.3) is 5.91 Å². The molecule has 2 atom stereocenters. The highest BCUT2D eigenvalue weighted by atomic mass is 19.1. The maximum atomic E-state index is 13.7. The number of hydrogen-bond acceptors (Lipinski definition) is 2. The highest BCUT2D eigenvalue weighted by molar-refractivity contribution is 5.94. The van der Waals surface area contributed by atoms with Crippen LogP contribution in [0.15, 0.2) is 78.9 Å². The summed E-state index contributed by atoms with van der Waals surface area (Å²) < 4.78 is 27.5. The average Bonchev–Trinajstić information content (AvgIpc) is 2.82. The van der Waals surface area contributed by atoms with Crippen LogP contribution in [0.25, 0.3) is 0 Å². The Balaban J connectivity index is 1.53. The number of rotatable bonds is 5. The maximum Gasteiger partial charge on any atom is 0.251 e. The van der Waals surface area contributed by atoms with E-state index in [1.54, 1.807) is 0 Å². The van der Waals surface area contributed by atoms with E-state index in [4.69, 9.17) is 0 Å². The summed E-state index contributed by atoms with van der Waals surface area (Å²) in [6.45, 7) is 1.99. The fourth-order valence-corrected chi connectivity index (χ4v) is 5.53. The molecular weight excluding hydrogens is 406 g/mol. The largest absolute Gasteiger partial charge is 0.347 e. The quantitative estimate of drug-likeness (QED) is 0.616. The van der Waals surface area contributed by atoms with Gasteiger partial charge in [-0.05, 0) is 55.1 Å². The molecule has 0 saturated carbocycles. The molecule has 2 bridgehead atoms. The first kappa shape index (κ1) is 20.8. The number of nitrogens with one attached hydrogen (secondary N) is 1. The second-order valence-electron chi connectivity index (χ2n) is 8.82. The van der Waals surface area contributed by atoms with E-state index in [0.717, 1.165) is 44.1 Å². The Kier molecular flexibility index (Phi) is 5.75. The van der Waals surface area contributed by atoms with Gasteiger partial charge >= 0.3 is 0 Å². The van der Waals surface area contributed by atoms with Crippen LogP contribution in [0, 0.1) is 17.6 Å². The molecule has 32 heavy (non-hydrogen) atoms. The third kappa shape index (κ3) is 4.05. The molecule has 0 radical (unpaired) electrons. The van der Waals surface area contributed by atoms with Gasteiger partial charge in [0.1, 0.15) is 11.6 Å². The molecule has 164 valence electrons. The van der Waals surface area contributed by atoms with Crippen LogP contribution >= 0.6 is 0 Å². The van der Waals surface area contributed by atoms with Crippen LogP contribution in [0.5, 0.6) is 0 Å². The summed E-state index contributed by atoms with van der Waals surface area (Å²) in [5.41, 5.74) is 2.42. The van der Waals surface area contributed by atoms with Crippen LogP contribution in [0.4, 0.5) is 8.78 Å². The lowest BCUT2D eigenvalue weighted by Gasteiger charge is -2.54. The highest BCUT2D eigenvalue weighted by Crippen LogP contribution is 2.42. The van der Waals surface area contributed by atoms with Gasteiger partial charge in [-0.25, -0.2) is 8.78 Å². The predicted octanol–water partition coefficient (Wildman–Crippen LogP) is 4.99. The van der Waals surface area contributed by atoms with E-state index in [2.05, 4.69) is 34.5 Å². The third-order valence-electron chi connectivity index (χ3n) is 6.95. The van der Waals surface area contributed by atoms with Gasteiger partial charge in [-0.2, -0.15) is 0 Å². The fraction of sp³-hybridized carbons (Fsp3) is 0.296. The second-order valence-corrected chi connectivity index (χ2v) is 8.82. The van der Waals surface area contributed by atoms with Gasteiger partial charge in [-0.1, -0.05) is 60.7 Å². The summed E-state index contributed by atoms with van der Waals surface area (Å²) in [7, 11) is 0. The summed E-state index contributed by atoms with van der Waals surface area (Å²) in [5.74, 6) is -1.50. The van der Waals surface area contributed by atoms with Gasteiger partial charge in [0.05, 0.1) is 0 Å². The van der Waals surface area contributed by atoms with Crippen molar-refractivity contribution in [2.45, 2.75) is 30.8 Å². The Hall–Kier alpha value is -3.05. The van der Waals surface area contributed by atoms with E-state index in [9.17, 15) is 13.6 Å². The van der Waals surface area contributed by atoms with Gasteiger partial charge in [-0.15, -0.1) is 0 Å². The molecule has 3 aromatic carbocycles. The van der Waals surface area contributed by atoms with Gasteiger partial charge in [0.15, 0.2) is 0 Å². The number of carbonyl (C=O) groups excluding carboxylic acids is 1. The Labute approximate surface area is 187 Å². The summed E-state index contributed by atoms with van der Waals surface area (Å²) in [5, 5.41) is 3.18. The monoisotopic (exact) mass is 432 g/mol. The van der Waals surface area contributed by atoms with Crippen LogP contribution in [-0.2, 0) is 0 Å². The molecule has 3 aromatic rings. The molecule has 3 aliphatic rings. The van der Waals surface area contributed by atoms with Crippen molar-refractivity contribution in [3.05, 3.63) is 107 Å². The number of halogens is 2. The molecule has 6 rings (SSSR count). The summed E-state index contributed by atoms with van der Waals surface area (Å²) in [6.07, 6.45) is 2.02. The molecule has 3 aliphatic heterocycles. The standard InChI is InChI=1S/C27H26F2N2O/c28-22-15-21(16-23(29)17-22)27(32)30-25-20-11-13-31(14-12-20)26(25)24(18-7-3-1-4-8-18)19-9-5-2-6-10-19/h1-10,15-17,20,24-26H,11-14H2,(H,30,32)/t25-,26-/m1/s1. The number of fused-ring (bicyclic) bond motifs is 3. The Morgan fingerprint density at radius 1 is 0.844 bits per heavy atom. The van der Waals surface area contributed by atoms with E-state index in [0.29, 0.717) is 5.92 Å². The molecule has 0 unspecified atom stereocenters. The normalized spacial score (nSPS) is 24.5. The van der Waals surface area contributed by atoms with E-state index in [-0.39, 0.29) is 23.6 Å². The van der Waals surface area contributed by atoms with Crippen LogP contribution in [0.2, 0.25) is 0 Å². The van der Waals surface area contributed by atoms with Crippen molar-refractivity contribution in [2.24, 2.45) is 5.92 Å². The molecule has 0 aromatic heterocycles.